The number of nitrogens with two attached hydrogens (primary N) is 1. The molecule has 0 aromatic carbocycles. The second kappa shape index (κ2) is 4.40. The summed E-state index contributed by atoms with van der Waals surface area (Å²) < 4.78 is 1.06. The lowest BCUT2D eigenvalue weighted by atomic mass is 9.95. The van der Waals surface area contributed by atoms with Crippen LogP contribution in [0, 0.1) is 5.92 Å². The maximum atomic E-state index is 5.91. The molecule has 0 aliphatic carbocycles. The van der Waals surface area contributed by atoms with Crippen LogP contribution in [0.3, 0.4) is 0 Å². The molecule has 0 amide bonds. The van der Waals surface area contributed by atoms with Gasteiger partial charge in [-0.15, -0.1) is 0 Å². The zero-order valence-corrected chi connectivity index (χ0v) is 9.18. The van der Waals surface area contributed by atoms with Gasteiger partial charge in [0.25, 0.3) is 0 Å². The van der Waals surface area contributed by atoms with E-state index in [9.17, 15) is 0 Å². The van der Waals surface area contributed by atoms with Crippen molar-refractivity contribution in [2.24, 2.45) is 11.7 Å². The van der Waals surface area contributed by atoms with E-state index < -0.39 is 0 Å². The summed E-state index contributed by atoms with van der Waals surface area (Å²) in [5.74, 6) is 0.616. The first-order valence-electron chi connectivity index (χ1n) is 4.41. The van der Waals surface area contributed by atoms with E-state index in [0.717, 1.165) is 30.5 Å². The first-order valence-corrected chi connectivity index (χ1v) is 5.20. The molecule has 1 fully saturated rings. The number of rotatable bonds is 2. The first-order chi connectivity index (χ1) is 5.59. The van der Waals surface area contributed by atoms with Gasteiger partial charge < -0.3 is 5.73 Å². The Balaban J connectivity index is 2.35. The van der Waals surface area contributed by atoms with Crippen molar-refractivity contribution in [2.75, 3.05) is 19.6 Å². The monoisotopic (exact) mass is 232 g/mol. The number of likely N-dealkylation sites (tertiary alicyclic amines) is 1. The molecule has 1 saturated heterocycles. The fraction of sp³-hybridized carbons (Fsp3) is 0.778. The zero-order valence-electron chi connectivity index (χ0n) is 7.59. The Kier molecular flexibility index (Phi) is 3.75. The molecule has 0 spiro atoms. The van der Waals surface area contributed by atoms with E-state index >= 15 is 0 Å². The minimum atomic E-state index is 0.393. The highest BCUT2D eigenvalue weighted by molar-refractivity contribution is 9.11. The van der Waals surface area contributed by atoms with E-state index in [0.29, 0.717) is 12.0 Å². The molecule has 1 aliphatic heterocycles. The number of hydrogen-bond donors (Lipinski definition) is 1. The molecule has 1 heterocycles. The van der Waals surface area contributed by atoms with Crippen LogP contribution in [0.5, 0.6) is 0 Å². The van der Waals surface area contributed by atoms with Crippen LogP contribution < -0.4 is 5.73 Å². The molecule has 3 heteroatoms. The third-order valence-electron chi connectivity index (χ3n) is 2.45. The van der Waals surface area contributed by atoms with Crippen LogP contribution in [0.4, 0.5) is 0 Å². The molecule has 0 bridgehead atoms. The lowest BCUT2D eigenvalue weighted by Gasteiger charge is -2.34. The largest absolute Gasteiger partial charge is 0.327 e. The third-order valence-corrected chi connectivity index (χ3v) is 2.70. The van der Waals surface area contributed by atoms with Crippen LogP contribution in [0.25, 0.3) is 0 Å². The predicted molar refractivity (Wildman–Crippen MR) is 56.3 cm³/mol. The predicted octanol–water partition coefficient (Wildman–Crippen LogP) is 1.56. The Bertz CT molecular complexity index is 170. The van der Waals surface area contributed by atoms with Gasteiger partial charge in [-0.2, -0.15) is 0 Å². The highest BCUT2D eigenvalue weighted by Crippen LogP contribution is 2.16. The summed E-state index contributed by atoms with van der Waals surface area (Å²) in [5, 5.41) is 0. The Morgan fingerprint density at radius 2 is 2.42 bits per heavy atom. The lowest BCUT2D eigenvalue weighted by molar-refractivity contribution is 0.179. The van der Waals surface area contributed by atoms with Crippen molar-refractivity contribution in [1.29, 1.82) is 0 Å². The third kappa shape index (κ3) is 2.88. The minimum absolute atomic E-state index is 0.393. The summed E-state index contributed by atoms with van der Waals surface area (Å²) in [6, 6.07) is 0.393. The average molecular weight is 233 g/mol. The molecule has 0 aromatic heterocycles. The molecule has 2 atom stereocenters. The fourth-order valence-electron chi connectivity index (χ4n) is 1.64. The van der Waals surface area contributed by atoms with Crippen LogP contribution in [0.15, 0.2) is 11.1 Å². The summed E-state index contributed by atoms with van der Waals surface area (Å²) >= 11 is 3.38. The van der Waals surface area contributed by atoms with Gasteiger partial charge in [-0.1, -0.05) is 29.4 Å². The van der Waals surface area contributed by atoms with Gasteiger partial charge in [-0.25, -0.2) is 0 Å². The Hall–Kier alpha value is 0.140. The molecule has 1 aliphatic rings. The van der Waals surface area contributed by atoms with E-state index in [4.69, 9.17) is 5.73 Å². The summed E-state index contributed by atoms with van der Waals surface area (Å²) in [5.41, 5.74) is 5.91. The second-order valence-electron chi connectivity index (χ2n) is 3.68. The van der Waals surface area contributed by atoms with Crippen molar-refractivity contribution in [3.8, 4) is 0 Å². The molecule has 2 nitrogen and oxygen atoms in total. The number of nitrogens with zero attached hydrogens (tertiary/aromatic N) is 1. The fourth-order valence-corrected chi connectivity index (χ4v) is 1.99. The van der Waals surface area contributed by atoms with Gasteiger partial charge in [-0.3, -0.25) is 4.90 Å². The maximum Gasteiger partial charge on any atom is 0.0294 e. The van der Waals surface area contributed by atoms with Crippen molar-refractivity contribution in [1.82, 2.24) is 4.90 Å². The standard InChI is InChI=1S/C9H17BrN2/c1-7-5-12(6-8(2)10)4-3-9(7)11/h7,9H,2-6,11H2,1H3. The van der Waals surface area contributed by atoms with Gasteiger partial charge in [0, 0.05) is 30.2 Å². The van der Waals surface area contributed by atoms with E-state index in [-0.39, 0.29) is 0 Å². The van der Waals surface area contributed by atoms with Gasteiger partial charge in [0.05, 0.1) is 0 Å². The van der Waals surface area contributed by atoms with Gasteiger partial charge in [-0.05, 0) is 12.3 Å². The van der Waals surface area contributed by atoms with Crippen molar-refractivity contribution in [2.45, 2.75) is 19.4 Å². The van der Waals surface area contributed by atoms with Gasteiger partial charge >= 0.3 is 0 Å². The molecule has 0 saturated carbocycles. The van der Waals surface area contributed by atoms with Gasteiger partial charge in [0.1, 0.15) is 0 Å². The van der Waals surface area contributed by atoms with E-state index in [1.165, 1.54) is 0 Å². The molecular weight excluding hydrogens is 216 g/mol. The maximum absolute atomic E-state index is 5.91. The van der Waals surface area contributed by atoms with Crippen LogP contribution in [-0.4, -0.2) is 30.6 Å². The second-order valence-corrected chi connectivity index (χ2v) is 4.80. The van der Waals surface area contributed by atoms with E-state index in [1.54, 1.807) is 0 Å². The van der Waals surface area contributed by atoms with Crippen LogP contribution in [-0.2, 0) is 0 Å². The minimum Gasteiger partial charge on any atom is -0.327 e. The van der Waals surface area contributed by atoms with Crippen molar-refractivity contribution in [3.63, 3.8) is 0 Å². The Labute approximate surface area is 82.9 Å². The van der Waals surface area contributed by atoms with E-state index in [1.807, 2.05) is 0 Å². The molecule has 70 valence electrons. The normalized spacial score (nSPS) is 31.9. The van der Waals surface area contributed by atoms with Crippen LogP contribution >= 0.6 is 15.9 Å². The lowest BCUT2D eigenvalue weighted by Crippen LogP contribution is -2.46. The molecular formula is C9H17BrN2. The van der Waals surface area contributed by atoms with E-state index in [2.05, 4.69) is 34.3 Å². The van der Waals surface area contributed by atoms with Crippen molar-refractivity contribution < 1.29 is 0 Å². The SMILES string of the molecule is C=C(Br)CN1CCC(N)C(C)C1. The summed E-state index contributed by atoms with van der Waals surface area (Å²) in [7, 11) is 0. The summed E-state index contributed by atoms with van der Waals surface area (Å²) in [4.78, 5) is 2.39. The Morgan fingerprint density at radius 1 is 1.75 bits per heavy atom. The van der Waals surface area contributed by atoms with Crippen LogP contribution in [0.1, 0.15) is 13.3 Å². The quantitative estimate of drug-likeness (QED) is 0.784. The van der Waals surface area contributed by atoms with Crippen molar-refractivity contribution in [3.05, 3.63) is 11.1 Å². The van der Waals surface area contributed by atoms with Crippen LogP contribution in [0.2, 0.25) is 0 Å². The highest BCUT2D eigenvalue weighted by atomic mass is 79.9. The number of halogens is 1. The van der Waals surface area contributed by atoms with Gasteiger partial charge in [0.15, 0.2) is 0 Å². The molecule has 1 rings (SSSR count). The highest BCUT2D eigenvalue weighted by Gasteiger charge is 2.22. The summed E-state index contributed by atoms with van der Waals surface area (Å²) in [6.45, 7) is 9.22. The first kappa shape index (κ1) is 10.2. The average Bonchev–Trinajstić information content (AvgIpc) is 1.96. The Morgan fingerprint density at radius 3 is 2.92 bits per heavy atom. The number of hydrogen-bond acceptors (Lipinski definition) is 2. The summed E-state index contributed by atoms with van der Waals surface area (Å²) in [6.07, 6.45) is 1.11. The molecule has 2 unspecified atom stereocenters. The van der Waals surface area contributed by atoms with Crippen molar-refractivity contribution >= 4 is 15.9 Å². The molecule has 0 aromatic rings. The molecule has 2 N–H and O–H groups in total. The zero-order chi connectivity index (χ0) is 9.14. The number of piperidine rings is 1. The topological polar surface area (TPSA) is 29.3 Å². The molecule has 0 radical (unpaired) electrons. The van der Waals surface area contributed by atoms with Gasteiger partial charge in [0.2, 0.25) is 0 Å². The smallest absolute Gasteiger partial charge is 0.0294 e. The molecule has 12 heavy (non-hydrogen) atoms.